The van der Waals surface area contributed by atoms with E-state index in [1.807, 2.05) is 24.5 Å². The molecule has 0 amide bonds. The van der Waals surface area contributed by atoms with E-state index in [2.05, 4.69) is 26.8 Å². The molecule has 0 aliphatic heterocycles. The van der Waals surface area contributed by atoms with Crippen LogP contribution in [0, 0.1) is 11.3 Å². The first kappa shape index (κ1) is 12.5. The third-order valence-corrected chi connectivity index (χ3v) is 3.69. The van der Waals surface area contributed by atoms with E-state index in [0.717, 1.165) is 15.4 Å². The highest BCUT2D eigenvalue weighted by Crippen LogP contribution is 2.36. The van der Waals surface area contributed by atoms with Crippen LogP contribution in [0.5, 0.6) is 0 Å². The Labute approximate surface area is 100 Å². The minimum absolute atomic E-state index is 0.141. The van der Waals surface area contributed by atoms with Crippen molar-refractivity contribution in [1.29, 1.82) is 5.26 Å². The average Bonchev–Trinajstić information content (AvgIpc) is 2.15. The van der Waals surface area contributed by atoms with Gasteiger partial charge in [-0.1, -0.05) is 26.8 Å². The number of benzene rings is 1. The first-order valence-corrected chi connectivity index (χ1v) is 6.78. The molecule has 1 rings (SSSR count). The second-order valence-corrected chi connectivity index (χ2v) is 6.88. The van der Waals surface area contributed by atoms with Gasteiger partial charge in [-0.05, 0) is 18.4 Å². The van der Waals surface area contributed by atoms with Crippen LogP contribution >= 0.6 is 23.5 Å². The maximum atomic E-state index is 9.15. The van der Waals surface area contributed by atoms with Crippen molar-refractivity contribution in [3.8, 4) is 6.07 Å². The molecular weight excluding hydrogens is 222 g/mol. The Morgan fingerprint density at radius 2 is 1.80 bits per heavy atom. The van der Waals surface area contributed by atoms with E-state index in [4.69, 9.17) is 5.26 Å². The quantitative estimate of drug-likeness (QED) is 0.721. The minimum Gasteiger partial charge on any atom is -0.192 e. The summed E-state index contributed by atoms with van der Waals surface area (Å²) in [6.07, 6.45) is 2.00. The normalized spacial score (nSPS) is 11.1. The second kappa shape index (κ2) is 4.96. The van der Waals surface area contributed by atoms with E-state index >= 15 is 0 Å². The van der Waals surface area contributed by atoms with Gasteiger partial charge >= 0.3 is 0 Å². The van der Waals surface area contributed by atoms with Crippen LogP contribution in [0.15, 0.2) is 28.0 Å². The molecule has 0 spiro atoms. The average molecular weight is 237 g/mol. The van der Waals surface area contributed by atoms with Crippen LogP contribution < -0.4 is 0 Å². The highest BCUT2D eigenvalue weighted by molar-refractivity contribution is 8.01. The van der Waals surface area contributed by atoms with Gasteiger partial charge in [-0.25, -0.2) is 0 Å². The lowest BCUT2D eigenvalue weighted by molar-refractivity contribution is 0.802. The van der Waals surface area contributed by atoms with Gasteiger partial charge in [-0.15, -0.1) is 23.5 Å². The van der Waals surface area contributed by atoms with Crippen molar-refractivity contribution in [2.24, 2.45) is 0 Å². The van der Waals surface area contributed by atoms with E-state index in [9.17, 15) is 0 Å². The summed E-state index contributed by atoms with van der Waals surface area (Å²) in [5.74, 6) is 0. The molecule has 0 unspecified atom stereocenters. The summed E-state index contributed by atoms with van der Waals surface area (Å²) in [4.78, 5) is 2.14. The number of nitrogens with zero attached hydrogens (tertiary/aromatic N) is 1. The smallest absolute Gasteiger partial charge is 0.101 e. The predicted octanol–water partition coefficient (Wildman–Crippen LogP) is 4.17. The van der Waals surface area contributed by atoms with E-state index < -0.39 is 0 Å². The van der Waals surface area contributed by atoms with Crippen LogP contribution in [0.3, 0.4) is 0 Å². The molecule has 15 heavy (non-hydrogen) atoms. The molecule has 1 aromatic carbocycles. The lowest BCUT2D eigenvalue weighted by atomic mass is 10.2. The Morgan fingerprint density at radius 3 is 2.27 bits per heavy atom. The van der Waals surface area contributed by atoms with Gasteiger partial charge in [0.05, 0.1) is 5.56 Å². The molecule has 0 aliphatic rings. The van der Waals surface area contributed by atoms with Crippen molar-refractivity contribution in [2.45, 2.75) is 35.3 Å². The summed E-state index contributed by atoms with van der Waals surface area (Å²) in [6, 6.07) is 8.33. The first-order valence-electron chi connectivity index (χ1n) is 4.74. The number of nitriles is 1. The van der Waals surface area contributed by atoms with Gasteiger partial charge < -0.3 is 0 Å². The molecular formula is C12H15NS2. The summed E-state index contributed by atoms with van der Waals surface area (Å²) >= 11 is 3.37. The Morgan fingerprint density at radius 1 is 1.20 bits per heavy atom. The predicted molar refractivity (Wildman–Crippen MR) is 68.5 cm³/mol. The molecule has 0 saturated carbocycles. The molecule has 0 heterocycles. The third kappa shape index (κ3) is 3.48. The lowest BCUT2D eigenvalue weighted by Crippen LogP contribution is -2.07. The van der Waals surface area contributed by atoms with E-state index in [1.54, 1.807) is 23.5 Å². The SMILES string of the molecule is CSc1cccc(SC(C)(C)C)c1C#N. The summed E-state index contributed by atoms with van der Waals surface area (Å²) < 4.78 is 0.141. The molecule has 0 bridgehead atoms. The number of rotatable bonds is 2. The van der Waals surface area contributed by atoms with E-state index in [1.165, 1.54) is 0 Å². The summed E-state index contributed by atoms with van der Waals surface area (Å²) in [7, 11) is 0. The van der Waals surface area contributed by atoms with E-state index in [0.29, 0.717) is 0 Å². The monoisotopic (exact) mass is 237 g/mol. The molecule has 1 nitrogen and oxygen atoms in total. The molecule has 0 aliphatic carbocycles. The van der Waals surface area contributed by atoms with Gasteiger partial charge in [0, 0.05) is 14.5 Å². The summed E-state index contributed by atoms with van der Waals surface area (Å²) in [5.41, 5.74) is 0.810. The third-order valence-electron chi connectivity index (χ3n) is 1.74. The molecule has 0 saturated heterocycles. The maximum absolute atomic E-state index is 9.15. The van der Waals surface area contributed by atoms with Gasteiger partial charge in [-0.3, -0.25) is 0 Å². The Kier molecular flexibility index (Phi) is 4.12. The number of hydrogen-bond acceptors (Lipinski definition) is 3. The van der Waals surface area contributed by atoms with Gasteiger partial charge in [0.1, 0.15) is 6.07 Å². The zero-order chi connectivity index (χ0) is 11.5. The largest absolute Gasteiger partial charge is 0.192 e. The molecule has 0 radical (unpaired) electrons. The Bertz CT molecular complexity index is 386. The van der Waals surface area contributed by atoms with Crippen molar-refractivity contribution >= 4 is 23.5 Å². The zero-order valence-corrected chi connectivity index (χ0v) is 11.1. The van der Waals surface area contributed by atoms with Crippen molar-refractivity contribution in [2.75, 3.05) is 6.26 Å². The second-order valence-electron chi connectivity index (χ2n) is 4.16. The molecule has 1 aromatic rings. The molecule has 0 fully saturated rings. The van der Waals surface area contributed by atoms with Crippen molar-refractivity contribution in [3.05, 3.63) is 23.8 Å². The van der Waals surface area contributed by atoms with Crippen LogP contribution in [0.25, 0.3) is 0 Å². The lowest BCUT2D eigenvalue weighted by Gasteiger charge is -2.18. The van der Waals surface area contributed by atoms with Crippen LogP contribution in [-0.4, -0.2) is 11.0 Å². The van der Waals surface area contributed by atoms with Crippen molar-refractivity contribution in [1.82, 2.24) is 0 Å². The standard InChI is InChI=1S/C12H15NS2/c1-12(2,3)15-11-7-5-6-10(14-4)9(11)8-13/h5-7H,1-4H3. The van der Waals surface area contributed by atoms with Crippen LogP contribution in [-0.2, 0) is 0 Å². The van der Waals surface area contributed by atoms with Crippen LogP contribution in [0.1, 0.15) is 26.3 Å². The fourth-order valence-electron chi connectivity index (χ4n) is 1.21. The molecule has 0 atom stereocenters. The highest BCUT2D eigenvalue weighted by Gasteiger charge is 2.16. The highest BCUT2D eigenvalue weighted by atomic mass is 32.2. The maximum Gasteiger partial charge on any atom is 0.101 e. The molecule has 0 N–H and O–H groups in total. The first-order chi connectivity index (χ1) is 6.98. The number of hydrogen-bond donors (Lipinski definition) is 0. The van der Waals surface area contributed by atoms with Gasteiger partial charge in [0.15, 0.2) is 0 Å². The Balaban J connectivity index is 3.14. The topological polar surface area (TPSA) is 23.8 Å². The van der Waals surface area contributed by atoms with Gasteiger partial charge in [-0.2, -0.15) is 5.26 Å². The fourth-order valence-corrected chi connectivity index (χ4v) is 2.91. The minimum atomic E-state index is 0.141. The van der Waals surface area contributed by atoms with Gasteiger partial charge in [0.25, 0.3) is 0 Å². The van der Waals surface area contributed by atoms with E-state index in [-0.39, 0.29) is 4.75 Å². The molecule has 0 aromatic heterocycles. The Hall–Kier alpha value is -0.590. The van der Waals surface area contributed by atoms with Crippen LogP contribution in [0.4, 0.5) is 0 Å². The van der Waals surface area contributed by atoms with Crippen LogP contribution in [0.2, 0.25) is 0 Å². The van der Waals surface area contributed by atoms with Crippen molar-refractivity contribution in [3.63, 3.8) is 0 Å². The molecule has 80 valence electrons. The summed E-state index contributed by atoms with van der Waals surface area (Å²) in [5, 5.41) is 9.15. The number of thioether (sulfide) groups is 2. The van der Waals surface area contributed by atoms with Gasteiger partial charge in [0.2, 0.25) is 0 Å². The van der Waals surface area contributed by atoms with Crippen molar-refractivity contribution < 1.29 is 0 Å². The zero-order valence-electron chi connectivity index (χ0n) is 9.50. The molecule has 3 heteroatoms. The summed E-state index contributed by atoms with van der Waals surface area (Å²) in [6.45, 7) is 6.47. The fraction of sp³-hybridized carbons (Fsp3) is 0.417.